The summed E-state index contributed by atoms with van der Waals surface area (Å²) in [4.78, 5) is 0. The first-order valence-corrected chi connectivity index (χ1v) is 15.4. The molecule has 1 aliphatic heterocycles. The van der Waals surface area contributed by atoms with Crippen LogP contribution in [0.15, 0.2) is 152 Å². The van der Waals surface area contributed by atoms with Gasteiger partial charge in [-0.15, -0.1) is 0 Å². The minimum atomic E-state index is -0.148. The number of para-hydroxylation sites is 1. The molecule has 9 rings (SSSR count). The van der Waals surface area contributed by atoms with Gasteiger partial charge in [-0.05, 0) is 91.7 Å². The molecule has 0 amide bonds. The van der Waals surface area contributed by atoms with Gasteiger partial charge in [-0.1, -0.05) is 129 Å². The van der Waals surface area contributed by atoms with Crippen molar-refractivity contribution in [2.45, 2.75) is 19.3 Å². The van der Waals surface area contributed by atoms with Gasteiger partial charge < -0.3 is 4.57 Å². The van der Waals surface area contributed by atoms with Crippen molar-refractivity contribution in [3.05, 3.63) is 163 Å². The van der Waals surface area contributed by atoms with Crippen LogP contribution in [-0.4, -0.2) is 4.57 Å². The van der Waals surface area contributed by atoms with E-state index in [2.05, 4.69) is 170 Å². The van der Waals surface area contributed by atoms with Crippen LogP contribution in [0.5, 0.6) is 0 Å². The van der Waals surface area contributed by atoms with Crippen molar-refractivity contribution in [3.63, 3.8) is 0 Å². The molecule has 0 aliphatic carbocycles. The minimum Gasteiger partial charge on any atom is -0.309 e. The first-order chi connectivity index (χ1) is 21.6. The van der Waals surface area contributed by atoms with E-state index in [1.54, 1.807) is 0 Å². The zero-order chi connectivity index (χ0) is 29.4. The van der Waals surface area contributed by atoms with Crippen molar-refractivity contribution in [1.29, 1.82) is 0 Å². The molecule has 0 bridgehead atoms. The smallest absolute Gasteiger partial charge is 0.0582 e. The Morgan fingerprint density at radius 3 is 2.02 bits per heavy atom. The Morgan fingerprint density at radius 2 is 1.11 bits per heavy atom. The standard InChI is InChI=1S/C43H31N/c1-43(2)38-20-8-9-21-41(38)44-40-23-22-31(28-12-4-3-5-13-28)25-36(40)37-26-33(27-39(43)42(37)44)30-16-10-17-32(24-30)35-19-11-15-29-14-6-7-18-34(29)35/h3-27H,1-2H3. The lowest BCUT2D eigenvalue weighted by Crippen LogP contribution is -2.26. The number of hydrogen-bond acceptors (Lipinski definition) is 0. The van der Waals surface area contributed by atoms with Gasteiger partial charge >= 0.3 is 0 Å². The summed E-state index contributed by atoms with van der Waals surface area (Å²) < 4.78 is 2.51. The molecule has 0 fully saturated rings. The monoisotopic (exact) mass is 561 g/mol. The van der Waals surface area contributed by atoms with Crippen LogP contribution in [0.4, 0.5) is 0 Å². The molecule has 0 N–H and O–H groups in total. The molecular formula is C43H31N. The van der Waals surface area contributed by atoms with Crippen molar-refractivity contribution in [2.75, 3.05) is 0 Å². The fourth-order valence-electron chi connectivity index (χ4n) is 7.54. The lowest BCUT2D eigenvalue weighted by atomic mass is 9.74. The van der Waals surface area contributed by atoms with Crippen molar-refractivity contribution < 1.29 is 0 Å². The molecule has 2 heterocycles. The highest BCUT2D eigenvalue weighted by Crippen LogP contribution is 2.49. The van der Waals surface area contributed by atoms with E-state index < -0.39 is 0 Å². The summed E-state index contributed by atoms with van der Waals surface area (Å²) in [5.74, 6) is 0. The van der Waals surface area contributed by atoms with Crippen LogP contribution in [0.3, 0.4) is 0 Å². The van der Waals surface area contributed by atoms with E-state index in [0.29, 0.717) is 0 Å². The number of fused-ring (bicyclic) bond motifs is 6. The fourth-order valence-corrected chi connectivity index (χ4v) is 7.54. The van der Waals surface area contributed by atoms with Crippen LogP contribution in [0, 0.1) is 0 Å². The number of benzene rings is 7. The van der Waals surface area contributed by atoms with Crippen molar-refractivity contribution in [2.24, 2.45) is 0 Å². The molecule has 0 radical (unpaired) electrons. The highest BCUT2D eigenvalue weighted by atomic mass is 15.0. The molecule has 1 aliphatic rings. The second-order valence-electron chi connectivity index (χ2n) is 12.6. The second kappa shape index (κ2) is 9.30. The molecule has 1 heteroatoms. The predicted molar refractivity (Wildman–Crippen MR) is 187 cm³/mol. The largest absolute Gasteiger partial charge is 0.309 e. The lowest BCUT2D eigenvalue weighted by Gasteiger charge is -2.35. The van der Waals surface area contributed by atoms with Crippen molar-refractivity contribution in [3.8, 4) is 39.1 Å². The Morgan fingerprint density at radius 1 is 0.432 bits per heavy atom. The normalized spacial score (nSPS) is 13.4. The summed E-state index contributed by atoms with van der Waals surface area (Å²) in [5, 5.41) is 5.15. The van der Waals surface area contributed by atoms with E-state index in [0.717, 1.165) is 0 Å². The average Bonchev–Trinajstić information content (AvgIpc) is 3.41. The molecule has 208 valence electrons. The van der Waals surface area contributed by atoms with Crippen LogP contribution in [0.2, 0.25) is 0 Å². The van der Waals surface area contributed by atoms with E-state index >= 15 is 0 Å². The maximum atomic E-state index is 2.51. The van der Waals surface area contributed by atoms with Gasteiger partial charge in [-0.25, -0.2) is 0 Å². The van der Waals surface area contributed by atoms with Crippen LogP contribution in [-0.2, 0) is 5.41 Å². The number of nitrogens with zero attached hydrogens (tertiary/aromatic N) is 1. The van der Waals surface area contributed by atoms with E-state index in [4.69, 9.17) is 0 Å². The van der Waals surface area contributed by atoms with Crippen LogP contribution >= 0.6 is 0 Å². The highest BCUT2D eigenvalue weighted by Gasteiger charge is 2.35. The van der Waals surface area contributed by atoms with Crippen LogP contribution < -0.4 is 0 Å². The van der Waals surface area contributed by atoms with Crippen molar-refractivity contribution >= 4 is 32.6 Å². The molecule has 0 saturated carbocycles. The first kappa shape index (κ1) is 25.1. The zero-order valence-corrected chi connectivity index (χ0v) is 24.9. The summed E-state index contributed by atoms with van der Waals surface area (Å²) in [5.41, 5.74) is 13.9. The molecule has 7 aromatic carbocycles. The average molecular weight is 562 g/mol. The predicted octanol–water partition coefficient (Wildman–Crippen LogP) is 11.6. The molecule has 1 nitrogen and oxygen atoms in total. The van der Waals surface area contributed by atoms with Gasteiger partial charge in [0, 0.05) is 16.2 Å². The van der Waals surface area contributed by atoms with Gasteiger partial charge in [-0.2, -0.15) is 0 Å². The van der Waals surface area contributed by atoms with Crippen molar-refractivity contribution in [1.82, 2.24) is 4.57 Å². The maximum Gasteiger partial charge on any atom is 0.0582 e. The summed E-state index contributed by atoms with van der Waals surface area (Å²) >= 11 is 0. The minimum absolute atomic E-state index is 0.148. The number of rotatable bonds is 3. The zero-order valence-electron chi connectivity index (χ0n) is 24.9. The van der Waals surface area contributed by atoms with Gasteiger partial charge in [0.2, 0.25) is 0 Å². The van der Waals surface area contributed by atoms with E-state index in [-0.39, 0.29) is 5.41 Å². The third-order valence-corrected chi connectivity index (χ3v) is 9.76. The molecule has 0 unspecified atom stereocenters. The number of hydrogen-bond donors (Lipinski definition) is 0. The van der Waals surface area contributed by atoms with E-state index in [1.165, 1.54) is 82.8 Å². The molecule has 0 saturated heterocycles. The second-order valence-corrected chi connectivity index (χ2v) is 12.6. The molecule has 44 heavy (non-hydrogen) atoms. The molecule has 0 atom stereocenters. The van der Waals surface area contributed by atoms with E-state index in [9.17, 15) is 0 Å². The maximum absolute atomic E-state index is 2.51. The molecule has 8 aromatic rings. The van der Waals surface area contributed by atoms with Crippen LogP contribution in [0.25, 0.3) is 71.6 Å². The quantitative estimate of drug-likeness (QED) is 0.202. The highest BCUT2D eigenvalue weighted by molar-refractivity contribution is 6.14. The first-order valence-electron chi connectivity index (χ1n) is 15.4. The SMILES string of the molecule is CC1(C)c2ccccc2-n2c3ccc(-c4ccccc4)cc3c3cc(-c4cccc(-c5cccc6ccccc56)c4)cc1c32. The summed E-state index contributed by atoms with van der Waals surface area (Å²) in [7, 11) is 0. The fraction of sp³-hybridized carbons (Fsp3) is 0.0698. The van der Waals surface area contributed by atoms with Gasteiger partial charge in [0.15, 0.2) is 0 Å². The van der Waals surface area contributed by atoms with E-state index in [1.807, 2.05) is 0 Å². The summed E-state index contributed by atoms with van der Waals surface area (Å²) in [6, 6.07) is 55.9. The van der Waals surface area contributed by atoms with Gasteiger partial charge in [-0.3, -0.25) is 0 Å². The Bertz CT molecular complexity index is 2400. The Balaban J connectivity index is 1.33. The molecular weight excluding hydrogens is 530 g/mol. The van der Waals surface area contributed by atoms with Gasteiger partial charge in [0.25, 0.3) is 0 Å². The van der Waals surface area contributed by atoms with Crippen LogP contribution in [0.1, 0.15) is 25.0 Å². The Hall–Kier alpha value is -5.40. The number of aromatic nitrogens is 1. The lowest BCUT2D eigenvalue weighted by molar-refractivity contribution is 0.630. The Kier molecular flexibility index (Phi) is 5.31. The van der Waals surface area contributed by atoms with Gasteiger partial charge in [0.05, 0.1) is 16.7 Å². The third-order valence-electron chi connectivity index (χ3n) is 9.76. The summed E-state index contributed by atoms with van der Waals surface area (Å²) in [6.07, 6.45) is 0. The molecule has 1 aromatic heterocycles. The Labute approximate surface area is 257 Å². The summed E-state index contributed by atoms with van der Waals surface area (Å²) in [6.45, 7) is 4.76. The third kappa shape index (κ3) is 3.59. The van der Waals surface area contributed by atoms with Gasteiger partial charge in [0.1, 0.15) is 0 Å². The topological polar surface area (TPSA) is 4.93 Å². The molecule has 0 spiro atoms.